The third kappa shape index (κ3) is 4.76. The summed E-state index contributed by atoms with van der Waals surface area (Å²) in [6.07, 6.45) is 0.874. The van der Waals surface area contributed by atoms with Gasteiger partial charge in [-0.1, -0.05) is 25.1 Å². The van der Waals surface area contributed by atoms with Crippen LogP contribution in [0.15, 0.2) is 48.5 Å². The normalized spacial score (nSPS) is 14.4. The van der Waals surface area contributed by atoms with E-state index in [0.717, 1.165) is 30.8 Å². The Labute approximate surface area is 165 Å². The number of hydrogen-bond acceptors (Lipinski definition) is 3. The van der Waals surface area contributed by atoms with Crippen LogP contribution in [0, 0.1) is 11.3 Å². The van der Waals surface area contributed by atoms with Crippen LogP contribution >= 0.6 is 0 Å². The minimum Gasteiger partial charge on any atom is -0.327 e. The molecule has 28 heavy (non-hydrogen) atoms. The zero-order valence-corrected chi connectivity index (χ0v) is 16.1. The summed E-state index contributed by atoms with van der Waals surface area (Å²) in [5.41, 5.74) is 3.14. The van der Waals surface area contributed by atoms with Gasteiger partial charge >= 0.3 is 0 Å². The van der Waals surface area contributed by atoms with E-state index < -0.39 is 0 Å². The molecule has 3 rings (SSSR count). The van der Waals surface area contributed by atoms with Crippen molar-refractivity contribution in [3.63, 3.8) is 0 Å². The number of piperazine rings is 1. The fraction of sp³-hybridized carbons (Fsp3) is 0.318. The Morgan fingerprint density at radius 3 is 2.43 bits per heavy atom. The highest BCUT2D eigenvalue weighted by Gasteiger charge is 2.26. The van der Waals surface area contributed by atoms with Crippen LogP contribution in [0.3, 0.4) is 0 Å². The summed E-state index contributed by atoms with van der Waals surface area (Å²) in [6, 6.07) is 16.6. The molecule has 2 aromatic rings. The lowest BCUT2D eigenvalue weighted by Gasteiger charge is -2.32. The molecule has 1 fully saturated rings. The maximum atomic E-state index is 12.6. The molecular weight excluding hydrogens is 352 g/mol. The molecule has 2 amide bonds. The number of anilines is 1. The Morgan fingerprint density at radius 2 is 1.79 bits per heavy atom. The van der Waals surface area contributed by atoms with Gasteiger partial charge in [0.25, 0.3) is 11.8 Å². The van der Waals surface area contributed by atoms with Crippen molar-refractivity contribution in [1.82, 2.24) is 4.90 Å². The average Bonchev–Trinajstić information content (AvgIpc) is 2.74. The van der Waals surface area contributed by atoms with Gasteiger partial charge in [0.15, 0.2) is 6.54 Å². The van der Waals surface area contributed by atoms with Crippen molar-refractivity contribution in [2.24, 2.45) is 0 Å². The molecule has 0 aliphatic carbocycles. The van der Waals surface area contributed by atoms with Crippen molar-refractivity contribution in [1.29, 1.82) is 5.26 Å². The molecule has 0 bridgehead atoms. The van der Waals surface area contributed by atoms with E-state index in [-0.39, 0.29) is 11.8 Å². The second kappa shape index (κ2) is 9.16. The molecule has 0 atom stereocenters. The lowest BCUT2D eigenvalue weighted by molar-refractivity contribution is -0.895. The number of nitrogens with one attached hydrogen (secondary N) is 2. The molecule has 6 nitrogen and oxygen atoms in total. The van der Waals surface area contributed by atoms with Gasteiger partial charge in [-0.15, -0.1) is 0 Å². The molecule has 0 spiro atoms. The van der Waals surface area contributed by atoms with E-state index in [0.29, 0.717) is 30.8 Å². The summed E-state index contributed by atoms with van der Waals surface area (Å²) in [6.45, 7) is 5.19. The van der Waals surface area contributed by atoms with Crippen LogP contribution in [0.5, 0.6) is 0 Å². The van der Waals surface area contributed by atoms with Crippen LogP contribution in [0.25, 0.3) is 0 Å². The van der Waals surface area contributed by atoms with Crippen molar-refractivity contribution in [3.05, 3.63) is 65.2 Å². The number of amides is 2. The minimum atomic E-state index is -0.0233. The van der Waals surface area contributed by atoms with E-state index in [1.807, 2.05) is 29.2 Å². The first-order valence-electron chi connectivity index (χ1n) is 9.61. The second-order valence-corrected chi connectivity index (χ2v) is 6.97. The van der Waals surface area contributed by atoms with Crippen LogP contribution in [0.4, 0.5) is 5.69 Å². The van der Waals surface area contributed by atoms with E-state index in [1.165, 1.54) is 4.90 Å². The zero-order valence-electron chi connectivity index (χ0n) is 16.1. The molecule has 2 N–H and O–H groups in total. The lowest BCUT2D eigenvalue weighted by atomic mass is 10.1. The minimum absolute atomic E-state index is 0.00256. The van der Waals surface area contributed by atoms with Crippen LogP contribution in [-0.4, -0.2) is 49.4 Å². The van der Waals surface area contributed by atoms with Gasteiger partial charge in [-0.25, -0.2) is 0 Å². The Balaban J connectivity index is 1.50. The number of carbonyl (C=O) groups is 2. The van der Waals surface area contributed by atoms with Crippen molar-refractivity contribution in [2.75, 3.05) is 38.0 Å². The van der Waals surface area contributed by atoms with E-state index in [2.05, 4.69) is 18.3 Å². The smallest absolute Gasteiger partial charge is 0.279 e. The summed E-state index contributed by atoms with van der Waals surface area (Å²) in [5, 5.41) is 11.9. The van der Waals surface area contributed by atoms with E-state index in [4.69, 9.17) is 5.26 Å². The first kappa shape index (κ1) is 19.6. The fourth-order valence-corrected chi connectivity index (χ4v) is 3.44. The fourth-order valence-electron chi connectivity index (χ4n) is 3.44. The Bertz CT molecular complexity index is 878. The summed E-state index contributed by atoms with van der Waals surface area (Å²) in [4.78, 5) is 28.0. The van der Waals surface area contributed by atoms with Gasteiger partial charge in [-0.3, -0.25) is 9.59 Å². The highest BCUT2D eigenvalue weighted by molar-refractivity contribution is 5.94. The first-order valence-corrected chi connectivity index (χ1v) is 9.61. The highest BCUT2D eigenvalue weighted by atomic mass is 16.2. The standard InChI is InChI=1S/C22H24N4O2/c1-2-18-5-3-4-6-20(18)24-21(27)16-25-11-13-26(14-12-25)22(28)19-9-7-17(15-23)8-10-19/h3-10H,2,11-14,16H2,1H3,(H,24,27)/p+1. The maximum absolute atomic E-state index is 12.6. The number of aryl methyl sites for hydroxylation is 1. The summed E-state index contributed by atoms with van der Waals surface area (Å²) < 4.78 is 0. The highest BCUT2D eigenvalue weighted by Crippen LogP contribution is 2.15. The Morgan fingerprint density at radius 1 is 1.11 bits per heavy atom. The van der Waals surface area contributed by atoms with Gasteiger partial charge in [-0.2, -0.15) is 5.26 Å². The summed E-state index contributed by atoms with van der Waals surface area (Å²) in [5.74, 6) is -0.0207. The zero-order chi connectivity index (χ0) is 19.9. The van der Waals surface area contributed by atoms with Crippen LogP contribution in [0.1, 0.15) is 28.4 Å². The molecule has 0 unspecified atom stereocenters. The number of nitrogens with zero attached hydrogens (tertiary/aromatic N) is 2. The number of carbonyl (C=O) groups excluding carboxylic acids is 2. The van der Waals surface area contributed by atoms with Crippen LogP contribution < -0.4 is 10.2 Å². The predicted octanol–water partition coefficient (Wildman–Crippen LogP) is 1.10. The van der Waals surface area contributed by atoms with E-state index in [9.17, 15) is 9.59 Å². The summed E-state index contributed by atoms with van der Waals surface area (Å²) in [7, 11) is 0. The van der Waals surface area contributed by atoms with Crippen molar-refractivity contribution < 1.29 is 14.5 Å². The van der Waals surface area contributed by atoms with Crippen molar-refractivity contribution in [2.45, 2.75) is 13.3 Å². The van der Waals surface area contributed by atoms with Crippen molar-refractivity contribution in [3.8, 4) is 6.07 Å². The molecule has 1 saturated heterocycles. The second-order valence-electron chi connectivity index (χ2n) is 6.97. The van der Waals surface area contributed by atoms with E-state index in [1.54, 1.807) is 24.3 Å². The molecule has 0 radical (unpaired) electrons. The third-order valence-corrected chi connectivity index (χ3v) is 5.10. The predicted molar refractivity (Wildman–Crippen MR) is 107 cm³/mol. The van der Waals surface area contributed by atoms with Gasteiger partial charge in [0.2, 0.25) is 0 Å². The largest absolute Gasteiger partial charge is 0.327 e. The number of quaternary nitrogens is 1. The van der Waals surface area contributed by atoms with Gasteiger partial charge < -0.3 is 15.1 Å². The third-order valence-electron chi connectivity index (χ3n) is 5.10. The Kier molecular flexibility index (Phi) is 6.41. The van der Waals surface area contributed by atoms with E-state index >= 15 is 0 Å². The van der Waals surface area contributed by atoms with Gasteiger partial charge in [0.05, 0.1) is 37.8 Å². The topological polar surface area (TPSA) is 77.6 Å². The molecule has 6 heteroatoms. The molecule has 2 aromatic carbocycles. The average molecular weight is 377 g/mol. The maximum Gasteiger partial charge on any atom is 0.279 e. The lowest BCUT2D eigenvalue weighted by Crippen LogP contribution is -3.15. The molecule has 0 aromatic heterocycles. The number of benzene rings is 2. The number of para-hydroxylation sites is 1. The molecule has 1 aliphatic heterocycles. The molecule has 1 aliphatic rings. The quantitative estimate of drug-likeness (QED) is 0.819. The SMILES string of the molecule is CCc1ccccc1NC(=O)C[NH+]1CCN(C(=O)c2ccc(C#N)cc2)CC1. The van der Waals surface area contributed by atoms with Gasteiger partial charge in [0.1, 0.15) is 0 Å². The molecule has 1 heterocycles. The van der Waals surface area contributed by atoms with Crippen LogP contribution in [-0.2, 0) is 11.2 Å². The number of nitriles is 1. The van der Waals surface area contributed by atoms with Crippen molar-refractivity contribution >= 4 is 17.5 Å². The van der Waals surface area contributed by atoms with Crippen LogP contribution in [0.2, 0.25) is 0 Å². The molecular formula is C22H25N4O2+. The number of rotatable bonds is 5. The summed E-state index contributed by atoms with van der Waals surface area (Å²) >= 11 is 0. The van der Waals surface area contributed by atoms with Gasteiger partial charge in [0, 0.05) is 11.3 Å². The molecule has 144 valence electrons. The Hall–Kier alpha value is -3.17. The first-order chi connectivity index (χ1) is 13.6. The monoisotopic (exact) mass is 377 g/mol. The van der Waals surface area contributed by atoms with Gasteiger partial charge in [-0.05, 0) is 42.3 Å². The molecule has 0 saturated carbocycles. The number of hydrogen-bond donors (Lipinski definition) is 2.